The molecule has 2 saturated heterocycles. The first-order valence-electron chi connectivity index (χ1n) is 13.0. The smallest absolute Gasteiger partial charge is 0.105 e. The second-order valence-corrected chi connectivity index (χ2v) is 13.4. The van der Waals surface area contributed by atoms with E-state index in [0.29, 0.717) is 25.7 Å². The third-order valence-corrected chi connectivity index (χ3v) is 7.99. The maximum Gasteiger partial charge on any atom is 0.105 e. The molecular weight excluding hydrogens is 428 g/mol. The minimum absolute atomic E-state index is 0.0472. The molecule has 0 amide bonds. The van der Waals surface area contributed by atoms with Gasteiger partial charge in [0.1, 0.15) is 12.2 Å². The second-order valence-electron chi connectivity index (χ2n) is 13.4. The van der Waals surface area contributed by atoms with Crippen molar-refractivity contribution in [3.63, 3.8) is 0 Å². The SMILES string of the molecule is CC1(C)CC(O)CC(C)(C)N1OC1CCC(ON2C(C)(C)CC(O)CC2(C)C)c2ccccc21. The number of hydroxylamine groups is 4. The summed E-state index contributed by atoms with van der Waals surface area (Å²) in [5, 5.41) is 25.2. The highest BCUT2D eigenvalue weighted by Crippen LogP contribution is 2.48. The van der Waals surface area contributed by atoms with E-state index in [2.05, 4.69) is 89.8 Å². The van der Waals surface area contributed by atoms with Crippen LogP contribution in [0, 0.1) is 0 Å². The molecule has 2 atom stereocenters. The van der Waals surface area contributed by atoms with Crippen LogP contribution >= 0.6 is 0 Å². The maximum atomic E-state index is 10.4. The predicted octanol–water partition coefficient (Wildman–Crippen LogP) is 5.45. The van der Waals surface area contributed by atoms with Crippen molar-refractivity contribution < 1.29 is 19.9 Å². The van der Waals surface area contributed by atoms with E-state index in [0.717, 1.165) is 12.8 Å². The Kier molecular flexibility index (Phi) is 6.76. The molecule has 0 radical (unpaired) electrons. The van der Waals surface area contributed by atoms with Gasteiger partial charge in [-0.2, -0.15) is 10.1 Å². The minimum Gasteiger partial charge on any atom is -0.393 e. The van der Waals surface area contributed by atoms with Gasteiger partial charge in [0.15, 0.2) is 0 Å². The predicted molar refractivity (Wildman–Crippen MR) is 134 cm³/mol. The summed E-state index contributed by atoms with van der Waals surface area (Å²) in [5.41, 5.74) is 1.34. The van der Waals surface area contributed by atoms with Crippen molar-refractivity contribution in [1.29, 1.82) is 0 Å². The summed E-state index contributed by atoms with van der Waals surface area (Å²) in [6.45, 7) is 17.3. The average molecular weight is 475 g/mol. The van der Waals surface area contributed by atoms with E-state index in [1.54, 1.807) is 0 Å². The number of benzene rings is 1. The first-order valence-corrected chi connectivity index (χ1v) is 13.0. The number of fused-ring (bicyclic) bond motifs is 1. The molecule has 6 nitrogen and oxygen atoms in total. The summed E-state index contributed by atoms with van der Waals surface area (Å²) >= 11 is 0. The van der Waals surface area contributed by atoms with Crippen LogP contribution in [0.3, 0.4) is 0 Å². The van der Waals surface area contributed by atoms with Gasteiger partial charge in [-0.3, -0.25) is 9.68 Å². The quantitative estimate of drug-likeness (QED) is 0.605. The molecule has 1 aromatic rings. The van der Waals surface area contributed by atoms with Gasteiger partial charge in [0.05, 0.1) is 12.2 Å². The molecule has 0 aromatic heterocycles. The third-order valence-electron chi connectivity index (χ3n) is 7.99. The fourth-order valence-corrected chi connectivity index (χ4v) is 7.18. The molecule has 2 N–H and O–H groups in total. The van der Waals surface area contributed by atoms with Crippen LogP contribution in [0.1, 0.15) is 117 Å². The van der Waals surface area contributed by atoms with E-state index < -0.39 is 0 Å². The van der Waals surface area contributed by atoms with Gasteiger partial charge in [-0.15, -0.1) is 0 Å². The van der Waals surface area contributed by atoms with Gasteiger partial charge in [0, 0.05) is 22.2 Å². The molecule has 1 aromatic carbocycles. The third kappa shape index (κ3) is 4.95. The van der Waals surface area contributed by atoms with E-state index in [4.69, 9.17) is 9.68 Å². The van der Waals surface area contributed by atoms with Crippen molar-refractivity contribution in [1.82, 2.24) is 10.1 Å². The first-order chi connectivity index (χ1) is 15.6. The molecular formula is C28H46N2O4. The number of piperidine rings is 2. The van der Waals surface area contributed by atoms with E-state index in [9.17, 15) is 10.2 Å². The molecule has 3 aliphatic rings. The summed E-state index contributed by atoms with van der Waals surface area (Å²) < 4.78 is 0. The molecule has 4 rings (SSSR count). The molecule has 6 heteroatoms. The standard InChI is InChI=1S/C28H46N2O4/c1-25(2)15-19(31)16-26(3,4)29(25)33-23-13-14-24(22-12-10-9-11-21(22)23)34-30-27(5,6)17-20(32)18-28(30,7)8/h9-12,19-20,23-24,31-32H,13-18H2,1-8H3. The fourth-order valence-electron chi connectivity index (χ4n) is 7.18. The Morgan fingerprint density at radius 1 is 0.618 bits per heavy atom. The van der Waals surface area contributed by atoms with Crippen LogP contribution in [-0.2, 0) is 9.68 Å². The van der Waals surface area contributed by atoms with Crippen LogP contribution in [-0.4, -0.2) is 54.7 Å². The zero-order valence-corrected chi connectivity index (χ0v) is 22.5. The van der Waals surface area contributed by atoms with E-state index in [1.807, 2.05) is 0 Å². The van der Waals surface area contributed by atoms with Crippen LogP contribution in [0.5, 0.6) is 0 Å². The molecule has 0 bridgehead atoms. The summed E-state index contributed by atoms with van der Waals surface area (Å²) in [6.07, 6.45) is 3.80. The maximum absolute atomic E-state index is 10.4. The first kappa shape index (κ1) is 26.1. The van der Waals surface area contributed by atoms with Crippen molar-refractivity contribution in [2.24, 2.45) is 0 Å². The number of aliphatic hydroxyl groups excluding tert-OH is 2. The van der Waals surface area contributed by atoms with Crippen LogP contribution in [0.25, 0.3) is 0 Å². The Morgan fingerprint density at radius 3 is 1.21 bits per heavy atom. The molecule has 192 valence electrons. The number of aliphatic hydroxyl groups is 2. The Hall–Kier alpha value is -1.02. The summed E-state index contributed by atoms with van der Waals surface area (Å²) in [7, 11) is 0. The van der Waals surface area contributed by atoms with Gasteiger partial charge < -0.3 is 10.2 Å². The minimum atomic E-state index is -0.309. The summed E-state index contributed by atoms with van der Waals surface area (Å²) in [5.74, 6) is 0. The van der Waals surface area contributed by atoms with Gasteiger partial charge in [0.2, 0.25) is 0 Å². The van der Waals surface area contributed by atoms with E-state index in [1.165, 1.54) is 11.1 Å². The van der Waals surface area contributed by atoms with Gasteiger partial charge >= 0.3 is 0 Å². The van der Waals surface area contributed by atoms with Gasteiger partial charge in [-0.1, -0.05) is 24.3 Å². The van der Waals surface area contributed by atoms with Crippen molar-refractivity contribution >= 4 is 0 Å². The average Bonchev–Trinajstić information content (AvgIpc) is 2.66. The van der Waals surface area contributed by atoms with Crippen LogP contribution in [0.15, 0.2) is 24.3 Å². The van der Waals surface area contributed by atoms with E-state index >= 15 is 0 Å². The zero-order chi connectivity index (χ0) is 25.1. The van der Waals surface area contributed by atoms with Crippen molar-refractivity contribution in [3.05, 3.63) is 35.4 Å². The molecule has 2 heterocycles. The monoisotopic (exact) mass is 474 g/mol. The largest absolute Gasteiger partial charge is 0.393 e. The lowest BCUT2D eigenvalue weighted by molar-refractivity contribution is -0.332. The molecule has 2 aliphatic heterocycles. The summed E-state index contributed by atoms with van der Waals surface area (Å²) in [4.78, 5) is 13.6. The van der Waals surface area contributed by atoms with Crippen molar-refractivity contribution in [2.75, 3.05) is 0 Å². The highest BCUT2D eigenvalue weighted by atomic mass is 16.7. The highest BCUT2D eigenvalue weighted by Gasteiger charge is 2.49. The van der Waals surface area contributed by atoms with Crippen LogP contribution < -0.4 is 0 Å². The van der Waals surface area contributed by atoms with Crippen LogP contribution in [0.2, 0.25) is 0 Å². The van der Waals surface area contributed by atoms with Gasteiger partial charge in [0.25, 0.3) is 0 Å². The lowest BCUT2D eigenvalue weighted by atomic mass is 9.80. The molecule has 34 heavy (non-hydrogen) atoms. The number of hydrogen-bond acceptors (Lipinski definition) is 6. The topological polar surface area (TPSA) is 65.4 Å². The lowest BCUT2D eigenvalue weighted by Crippen LogP contribution is -2.62. The number of hydrogen-bond donors (Lipinski definition) is 2. The molecule has 2 fully saturated rings. The van der Waals surface area contributed by atoms with Crippen molar-refractivity contribution in [2.45, 2.75) is 140 Å². The van der Waals surface area contributed by atoms with Gasteiger partial charge in [-0.25, -0.2) is 0 Å². The lowest BCUT2D eigenvalue weighted by Gasteiger charge is -2.55. The zero-order valence-electron chi connectivity index (χ0n) is 22.5. The number of rotatable bonds is 4. The second kappa shape index (κ2) is 8.82. The molecule has 0 spiro atoms. The molecule has 1 aliphatic carbocycles. The molecule has 0 saturated carbocycles. The summed E-state index contributed by atoms with van der Waals surface area (Å²) in [6, 6.07) is 8.51. The van der Waals surface area contributed by atoms with E-state index in [-0.39, 0.29) is 46.6 Å². The highest BCUT2D eigenvalue weighted by molar-refractivity contribution is 5.33. The van der Waals surface area contributed by atoms with Crippen molar-refractivity contribution in [3.8, 4) is 0 Å². The Bertz CT molecular complexity index is 774. The Labute approximate surface area is 206 Å². The Morgan fingerprint density at radius 2 is 0.912 bits per heavy atom. The van der Waals surface area contributed by atoms with Crippen LogP contribution in [0.4, 0.5) is 0 Å². The normalized spacial score (nSPS) is 31.8. The van der Waals surface area contributed by atoms with Gasteiger partial charge in [-0.05, 0) is 105 Å². The Balaban J connectivity index is 1.58. The number of nitrogens with zero attached hydrogens (tertiary/aromatic N) is 2. The fraction of sp³-hybridized carbons (Fsp3) is 0.786. The molecule has 2 unspecified atom stereocenters.